The average molecular weight is 330 g/mol. The molecule has 0 bridgehead atoms. The Balaban J connectivity index is -0.000000102. The molecule has 0 aliphatic heterocycles. The number of rotatable bonds is 4. The van der Waals surface area contributed by atoms with Crippen molar-refractivity contribution in [3.63, 3.8) is 0 Å². The summed E-state index contributed by atoms with van der Waals surface area (Å²) in [5, 5.41) is 0.734. The molecule has 20 heavy (non-hydrogen) atoms. The summed E-state index contributed by atoms with van der Waals surface area (Å²) in [6.45, 7) is 6.29. The minimum absolute atomic E-state index is 0. The fourth-order valence-corrected chi connectivity index (χ4v) is 0.595. The third-order valence-electron chi connectivity index (χ3n) is 1.48. The van der Waals surface area contributed by atoms with Crippen molar-refractivity contribution in [2.75, 3.05) is 27.9 Å². The number of methoxy groups -OCH3 is 1. The molecule has 0 spiro atoms. The standard InChI is InChI=1S/C6H11NO2.C4H5ClO.C3H8O.ClH/c1-4-5-6(8)7(2)9-3;1-2-3-4(5)6;1-3-4-2;/h4-5H,1-3H3;2-3H,1H3;3H2,1-2H3;1H/b5-4+;3-2+;;. The van der Waals surface area contributed by atoms with Crippen molar-refractivity contribution in [3.05, 3.63) is 24.3 Å². The molecule has 5 nitrogen and oxygen atoms in total. The summed E-state index contributed by atoms with van der Waals surface area (Å²) in [6, 6.07) is 0. The van der Waals surface area contributed by atoms with Crippen LogP contribution in [0.25, 0.3) is 0 Å². The maximum atomic E-state index is 10.7. The minimum atomic E-state index is -0.419. The van der Waals surface area contributed by atoms with Gasteiger partial charge in [-0.15, -0.1) is 12.4 Å². The molecular weight excluding hydrogens is 305 g/mol. The van der Waals surface area contributed by atoms with Crippen LogP contribution in [0.1, 0.15) is 20.8 Å². The Morgan fingerprint density at radius 2 is 1.55 bits per heavy atom. The van der Waals surface area contributed by atoms with Gasteiger partial charge in [0.15, 0.2) is 0 Å². The zero-order valence-corrected chi connectivity index (χ0v) is 14.5. The van der Waals surface area contributed by atoms with Crippen molar-refractivity contribution < 1.29 is 19.2 Å². The highest BCUT2D eigenvalue weighted by Gasteiger charge is 1.99. The van der Waals surface area contributed by atoms with Crippen LogP contribution >= 0.6 is 24.0 Å². The van der Waals surface area contributed by atoms with Gasteiger partial charge >= 0.3 is 0 Å². The van der Waals surface area contributed by atoms with Crippen LogP contribution in [0.3, 0.4) is 0 Å². The smallest absolute Gasteiger partial charge is 0.269 e. The van der Waals surface area contributed by atoms with Crippen LogP contribution in [0.2, 0.25) is 0 Å². The zero-order valence-electron chi connectivity index (χ0n) is 12.9. The fourth-order valence-electron chi connectivity index (χ4n) is 0.469. The molecule has 0 heterocycles. The second kappa shape index (κ2) is 23.2. The largest absolute Gasteiger partial charge is 0.385 e. The van der Waals surface area contributed by atoms with Gasteiger partial charge in [-0.25, -0.2) is 5.06 Å². The zero-order chi connectivity index (χ0) is 15.7. The number of nitrogens with zero attached hydrogens (tertiary/aromatic N) is 1. The number of allylic oxidation sites excluding steroid dienone is 3. The van der Waals surface area contributed by atoms with E-state index in [0.29, 0.717) is 0 Å². The monoisotopic (exact) mass is 329 g/mol. The molecule has 120 valence electrons. The second-order valence-electron chi connectivity index (χ2n) is 2.90. The lowest BCUT2D eigenvalue weighted by Crippen LogP contribution is -2.22. The molecule has 0 N–H and O–H groups in total. The molecule has 1 amide bonds. The van der Waals surface area contributed by atoms with Gasteiger partial charge in [0, 0.05) is 26.8 Å². The molecule has 0 saturated heterocycles. The fraction of sp³-hybridized carbons (Fsp3) is 0.538. The van der Waals surface area contributed by atoms with Gasteiger partial charge in [-0.1, -0.05) is 12.2 Å². The molecule has 0 unspecified atom stereocenters. The molecule has 0 aliphatic rings. The highest BCUT2D eigenvalue weighted by Crippen LogP contribution is 1.84. The minimum Gasteiger partial charge on any atom is -0.385 e. The van der Waals surface area contributed by atoms with E-state index in [1.807, 2.05) is 6.92 Å². The first-order valence-corrected chi connectivity index (χ1v) is 6.04. The van der Waals surface area contributed by atoms with Gasteiger partial charge in [0.1, 0.15) is 0 Å². The topological polar surface area (TPSA) is 55.8 Å². The van der Waals surface area contributed by atoms with E-state index in [-0.39, 0.29) is 18.3 Å². The van der Waals surface area contributed by atoms with E-state index < -0.39 is 5.24 Å². The number of hydrogen-bond acceptors (Lipinski definition) is 4. The van der Waals surface area contributed by atoms with Crippen LogP contribution in [-0.2, 0) is 19.2 Å². The first-order chi connectivity index (χ1) is 8.90. The van der Waals surface area contributed by atoms with Crippen molar-refractivity contribution in [3.8, 4) is 0 Å². The Morgan fingerprint density at radius 1 is 1.15 bits per heavy atom. The van der Waals surface area contributed by atoms with Crippen LogP contribution < -0.4 is 0 Å². The Labute approximate surface area is 132 Å². The molecule has 0 rings (SSSR count). The van der Waals surface area contributed by atoms with E-state index in [9.17, 15) is 9.59 Å². The summed E-state index contributed by atoms with van der Waals surface area (Å²) in [5.41, 5.74) is 0. The van der Waals surface area contributed by atoms with Gasteiger partial charge in [0.25, 0.3) is 5.91 Å². The molecule has 0 radical (unpaired) electrons. The first kappa shape index (κ1) is 27.5. The van der Waals surface area contributed by atoms with Gasteiger partial charge in [0.2, 0.25) is 5.24 Å². The lowest BCUT2D eigenvalue weighted by molar-refractivity contribution is -0.162. The summed E-state index contributed by atoms with van der Waals surface area (Å²) in [6.07, 6.45) is 5.98. The third kappa shape index (κ3) is 30.3. The Morgan fingerprint density at radius 3 is 1.70 bits per heavy atom. The molecule has 0 aromatic heterocycles. The van der Waals surface area contributed by atoms with Gasteiger partial charge < -0.3 is 4.74 Å². The number of hydroxylamine groups is 2. The summed E-state index contributed by atoms with van der Waals surface area (Å²) in [7, 11) is 4.68. The lowest BCUT2D eigenvalue weighted by atomic mass is 10.5. The Hall–Kier alpha value is -0.880. The van der Waals surface area contributed by atoms with E-state index in [0.717, 1.165) is 11.7 Å². The molecule has 0 aromatic rings. The molecule has 0 aromatic carbocycles. The molecule has 0 saturated carbocycles. The highest BCUT2D eigenvalue weighted by molar-refractivity contribution is 6.66. The summed E-state index contributed by atoms with van der Waals surface area (Å²) >= 11 is 4.85. The van der Waals surface area contributed by atoms with Crippen molar-refractivity contribution in [1.82, 2.24) is 5.06 Å². The van der Waals surface area contributed by atoms with Crippen molar-refractivity contribution in [2.45, 2.75) is 20.8 Å². The number of halogens is 2. The van der Waals surface area contributed by atoms with Crippen LogP contribution in [0.5, 0.6) is 0 Å². The molecule has 0 atom stereocenters. The maximum absolute atomic E-state index is 10.7. The molecular formula is C13H25Cl2NO4. The normalized spacial score (nSPS) is 8.95. The Kier molecular flexibility index (Phi) is 31.9. The number of hydrogen-bond donors (Lipinski definition) is 0. The van der Waals surface area contributed by atoms with E-state index in [1.165, 1.54) is 19.3 Å². The van der Waals surface area contributed by atoms with Gasteiger partial charge in [-0.3, -0.25) is 14.4 Å². The number of likely N-dealkylation sites (N-methyl/N-ethyl adjacent to an activating group) is 1. The van der Waals surface area contributed by atoms with E-state index in [4.69, 9.17) is 11.6 Å². The SMILES string of the molecule is C/C=C/C(=O)Cl.C/C=C/C(=O)N(C)OC.CCOC.Cl. The molecule has 0 aliphatic carbocycles. The summed E-state index contributed by atoms with van der Waals surface area (Å²) < 4.78 is 4.54. The number of ether oxygens (including phenoxy) is 1. The predicted molar refractivity (Wildman–Crippen MR) is 85.1 cm³/mol. The summed E-state index contributed by atoms with van der Waals surface area (Å²) in [4.78, 5) is 25.0. The first-order valence-electron chi connectivity index (χ1n) is 5.66. The summed E-state index contributed by atoms with van der Waals surface area (Å²) in [5.74, 6) is -0.153. The number of amides is 1. The van der Waals surface area contributed by atoms with Crippen molar-refractivity contribution in [1.29, 1.82) is 0 Å². The highest BCUT2D eigenvalue weighted by atomic mass is 35.5. The van der Waals surface area contributed by atoms with Crippen LogP contribution in [0.4, 0.5) is 0 Å². The van der Waals surface area contributed by atoms with Crippen molar-refractivity contribution in [2.24, 2.45) is 0 Å². The van der Waals surface area contributed by atoms with Crippen LogP contribution in [0, 0.1) is 0 Å². The van der Waals surface area contributed by atoms with Gasteiger partial charge in [-0.2, -0.15) is 0 Å². The van der Waals surface area contributed by atoms with Crippen molar-refractivity contribution >= 4 is 35.2 Å². The van der Waals surface area contributed by atoms with Gasteiger partial charge in [0.05, 0.1) is 7.11 Å². The molecule has 0 fully saturated rings. The Bertz CT molecular complexity index is 280. The second-order valence-corrected chi connectivity index (χ2v) is 3.27. The lowest BCUT2D eigenvalue weighted by Gasteiger charge is -2.09. The van der Waals surface area contributed by atoms with E-state index in [2.05, 4.69) is 9.57 Å². The third-order valence-corrected chi connectivity index (χ3v) is 1.61. The van der Waals surface area contributed by atoms with E-state index >= 15 is 0 Å². The quantitative estimate of drug-likeness (QED) is 0.452. The number of carbonyl (C=O) groups is 2. The molecule has 7 heteroatoms. The van der Waals surface area contributed by atoms with Crippen LogP contribution in [-0.4, -0.2) is 44.1 Å². The maximum Gasteiger partial charge on any atom is 0.269 e. The van der Waals surface area contributed by atoms with Crippen LogP contribution in [0.15, 0.2) is 24.3 Å². The van der Waals surface area contributed by atoms with Gasteiger partial charge in [-0.05, 0) is 38.4 Å². The predicted octanol–water partition coefficient (Wildman–Crippen LogP) is 2.98. The number of carbonyl (C=O) groups excluding carboxylic acids is 2. The average Bonchev–Trinajstić information content (AvgIpc) is 2.39. The van der Waals surface area contributed by atoms with E-state index in [1.54, 1.807) is 40.2 Å².